The van der Waals surface area contributed by atoms with Gasteiger partial charge >= 0.3 is 6.01 Å². The second kappa shape index (κ2) is 7.21. The Morgan fingerprint density at radius 2 is 2.00 bits per heavy atom. The van der Waals surface area contributed by atoms with E-state index in [1.54, 1.807) is 7.05 Å². The summed E-state index contributed by atoms with van der Waals surface area (Å²) in [6.07, 6.45) is 0.934. The predicted octanol–water partition coefficient (Wildman–Crippen LogP) is 2.73. The van der Waals surface area contributed by atoms with E-state index in [0.717, 1.165) is 6.42 Å². The molecular weight excluding hydrogens is 286 g/mol. The molecule has 21 heavy (non-hydrogen) atoms. The van der Waals surface area contributed by atoms with Crippen LogP contribution in [0.3, 0.4) is 0 Å². The number of rotatable bonds is 7. The molecule has 0 aromatic carbocycles. The van der Waals surface area contributed by atoms with Crippen molar-refractivity contribution < 1.29 is 4.74 Å². The Morgan fingerprint density at radius 3 is 2.62 bits per heavy atom. The molecule has 7 heteroatoms. The number of thiophene rings is 1. The number of aromatic nitrogens is 3. The van der Waals surface area contributed by atoms with E-state index in [9.17, 15) is 0 Å². The number of nitrogens with zero attached hydrogens (tertiary/aromatic N) is 3. The smallest absolute Gasteiger partial charge is 0.323 e. The first-order valence-corrected chi connectivity index (χ1v) is 7.80. The average molecular weight is 307 g/mol. The number of aryl methyl sites for hydroxylation is 1. The topological polar surface area (TPSA) is 72.0 Å². The second-order valence-electron chi connectivity index (χ2n) is 4.71. The zero-order chi connectivity index (χ0) is 15.2. The van der Waals surface area contributed by atoms with E-state index in [4.69, 9.17) is 4.74 Å². The van der Waals surface area contributed by atoms with Crippen molar-refractivity contribution in [2.45, 2.75) is 33.2 Å². The molecular formula is C14H21N5OS. The SMILES string of the molecule is CCOc1nc(NC)nc(NC(C)Cc2ccc(C)s2)n1. The van der Waals surface area contributed by atoms with E-state index >= 15 is 0 Å². The molecule has 2 rings (SSSR count). The van der Waals surface area contributed by atoms with Gasteiger partial charge < -0.3 is 15.4 Å². The first-order valence-electron chi connectivity index (χ1n) is 6.99. The minimum Gasteiger partial charge on any atom is -0.464 e. The summed E-state index contributed by atoms with van der Waals surface area (Å²) in [5.41, 5.74) is 0. The third-order valence-corrected chi connectivity index (χ3v) is 3.81. The summed E-state index contributed by atoms with van der Waals surface area (Å²) in [5, 5.41) is 6.21. The van der Waals surface area contributed by atoms with Gasteiger partial charge in [0.1, 0.15) is 0 Å². The van der Waals surface area contributed by atoms with E-state index in [1.165, 1.54) is 9.75 Å². The van der Waals surface area contributed by atoms with Crippen LogP contribution < -0.4 is 15.4 Å². The summed E-state index contributed by atoms with van der Waals surface area (Å²) in [5.74, 6) is 1.02. The van der Waals surface area contributed by atoms with Crippen molar-refractivity contribution in [2.24, 2.45) is 0 Å². The fourth-order valence-electron chi connectivity index (χ4n) is 1.89. The van der Waals surface area contributed by atoms with Gasteiger partial charge in [-0.15, -0.1) is 11.3 Å². The molecule has 1 unspecified atom stereocenters. The van der Waals surface area contributed by atoms with Gasteiger partial charge in [-0.25, -0.2) is 0 Å². The summed E-state index contributed by atoms with van der Waals surface area (Å²) < 4.78 is 5.35. The lowest BCUT2D eigenvalue weighted by Gasteiger charge is -2.14. The lowest BCUT2D eigenvalue weighted by molar-refractivity contribution is 0.312. The van der Waals surface area contributed by atoms with Gasteiger partial charge in [0, 0.05) is 29.3 Å². The summed E-state index contributed by atoms with van der Waals surface area (Å²) >= 11 is 1.82. The van der Waals surface area contributed by atoms with Crippen LogP contribution in [-0.2, 0) is 6.42 Å². The Balaban J connectivity index is 2.05. The third kappa shape index (κ3) is 4.56. The van der Waals surface area contributed by atoms with Gasteiger partial charge in [0.05, 0.1) is 6.61 Å². The maximum Gasteiger partial charge on any atom is 0.323 e. The van der Waals surface area contributed by atoms with E-state index < -0.39 is 0 Å². The van der Waals surface area contributed by atoms with Crippen molar-refractivity contribution in [3.63, 3.8) is 0 Å². The number of nitrogens with one attached hydrogen (secondary N) is 2. The fraction of sp³-hybridized carbons (Fsp3) is 0.500. The normalized spacial score (nSPS) is 12.0. The number of ether oxygens (including phenoxy) is 1. The highest BCUT2D eigenvalue weighted by atomic mass is 32.1. The molecule has 2 aromatic heterocycles. The van der Waals surface area contributed by atoms with Gasteiger partial charge in [0.25, 0.3) is 0 Å². The molecule has 0 radical (unpaired) electrons. The molecule has 0 aliphatic rings. The highest BCUT2D eigenvalue weighted by Crippen LogP contribution is 2.18. The van der Waals surface area contributed by atoms with E-state index in [2.05, 4.69) is 51.6 Å². The number of hydrogen-bond donors (Lipinski definition) is 2. The van der Waals surface area contributed by atoms with Crippen molar-refractivity contribution in [2.75, 3.05) is 24.3 Å². The van der Waals surface area contributed by atoms with E-state index in [0.29, 0.717) is 24.5 Å². The van der Waals surface area contributed by atoms with Crippen LogP contribution in [0.2, 0.25) is 0 Å². The Bertz CT molecular complexity index is 586. The molecule has 0 bridgehead atoms. The minimum atomic E-state index is 0.227. The van der Waals surface area contributed by atoms with Crippen molar-refractivity contribution in [3.05, 3.63) is 21.9 Å². The molecule has 0 aliphatic carbocycles. The van der Waals surface area contributed by atoms with Crippen molar-refractivity contribution in [1.29, 1.82) is 0 Å². The summed E-state index contributed by atoms with van der Waals surface area (Å²) in [6.45, 7) is 6.65. The molecule has 2 heterocycles. The zero-order valence-electron chi connectivity index (χ0n) is 12.8. The van der Waals surface area contributed by atoms with Crippen LogP contribution in [0.1, 0.15) is 23.6 Å². The fourth-order valence-corrected chi connectivity index (χ4v) is 2.91. The predicted molar refractivity (Wildman–Crippen MR) is 86.4 cm³/mol. The van der Waals surface area contributed by atoms with Gasteiger partial charge in [0.2, 0.25) is 11.9 Å². The first kappa shape index (κ1) is 15.5. The van der Waals surface area contributed by atoms with E-state index in [1.807, 2.05) is 18.3 Å². The highest BCUT2D eigenvalue weighted by molar-refractivity contribution is 7.11. The van der Waals surface area contributed by atoms with Crippen LogP contribution >= 0.6 is 11.3 Å². The lowest BCUT2D eigenvalue weighted by atomic mass is 10.2. The van der Waals surface area contributed by atoms with Crippen LogP contribution in [0.25, 0.3) is 0 Å². The molecule has 1 atom stereocenters. The summed E-state index contributed by atoms with van der Waals surface area (Å²) in [6, 6.07) is 4.86. The van der Waals surface area contributed by atoms with Gasteiger partial charge in [-0.05, 0) is 32.9 Å². The van der Waals surface area contributed by atoms with Crippen molar-refractivity contribution >= 4 is 23.2 Å². The van der Waals surface area contributed by atoms with Gasteiger partial charge in [-0.1, -0.05) is 0 Å². The maximum atomic E-state index is 5.35. The number of hydrogen-bond acceptors (Lipinski definition) is 7. The lowest BCUT2D eigenvalue weighted by Crippen LogP contribution is -2.20. The molecule has 2 aromatic rings. The first-order chi connectivity index (χ1) is 10.1. The second-order valence-corrected chi connectivity index (χ2v) is 6.08. The van der Waals surface area contributed by atoms with Crippen molar-refractivity contribution in [3.8, 4) is 6.01 Å². The Kier molecular flexibility index (Phi) is 5.32. The van der Waals surface area contributed by atoms with Crippen molar-refractivity contribution in [1.82, 2.24) is 15.0 Å². The average Bonchev–Trinajstić information content (AvgIpc) is 2.83. The van der Waals surface area contributed by atoms with Gasteiger partial charge in [-0.2, -0.15) is 15.0 Å². The highest BCUT2D eigenvalue weighted by Gasteiger charge is 2.10. The molecule has 0 aliphatic heterocycles. The zero-order valence-corrected chi connectivity index (χ0v) is 13.6. The summed E-state index contributed by atoms with van der Waals surface area (Å²) in [4.78, 5) is 15.4. The maximum absolute atomic E-state index is 5.35. The van der Waals surface area contributed by atoms with Crippen LogP contribution in [0.15, 0.2) is 12.1 Å². The molecule has 0 saturated heterocycles. The largest absolute Gasteiger partial charge is 0.464 e. The molecule has 0 spiro atoms. The monoisotopic (exact) mass is 307 g/mol. The van der Waals surface area contributed by atoms with Gasteiger partial charge in [0.15, 0.2) is 0 Å². The van der Waals surface area contributed by atoms with Gasteiger partial charge in [-0.3, -0.25) is 0 Å². The Labute approximate surface area is 129 Å². The standard InChI is InChI=1S/C14H21N5OS/c1-5-20-14-18-12(15-4)17-13(19-14)16-9(2)8-11-7-6-10(3)21-11/h6-7,9H,5,8H2,1-4H3,(H2,15,16,17,18,19). The van der Waals surface area contributed by atoms with Crippen LogP contribution in [0, 0.1) is 6.92 Å². The third-order valence-electron chi connectivity index (χ3n) is 2.79. The summed E-state index contributed by atoms with van der Waals surface area (Å²) in [7, 11) is 1.77. The Hall–Kier alpha value is -1.89. The number of anilines is 2. The van der Waals surface area contributed by atoms with E-state index in [-0.39, 0.29) is 6.04 Å². The molecule has 6 nitrogen and oxygen atoms in total. The Morgan fingerprint density at radius 1 is 1.24 bits per heavy atom. The van der Waals surface area contributed by atoms with Crippen LogP contribution in [-0.4, -0.2) is 34.6 Å². The minimum absolute atomic E-state index is 0.227. The molecule has 2 N–H and O–H groups in total. The van der Waals surface area contributed by atoms with Crippen LogP contribution in [0.5, 0.6) is 6.01 Å². The molecule has 0 amide bonds. The quantitative estimate of drug-likeness (QED) is 0.819. The molecule has 114 valence electrons. The van der Waals surface area contributed by atoms with Crippen LogP contribution in [0.4, 0.5) is 11.9 Å². The molecule has 0 fully saturated rings. The molecule has 0 saturated carbocycles.